The van der Waals surface area contributed by atoms with Crippen LogP contribution in [0.25, 0.3) is 10.9 Å². The maximum atomic E-state index is 13.0. The van der Waals surface area contributed by atoms with E-state index in [0.717, 1.165) is 25.7 Å². The number of carbonyl (C=O) groups is 1. The molecule has 214 valence electrons. The van der Waals surface area contributed by atoms with Crippen LogP contribution in [-0.4, -0.2) is 45.3 Å². The number of nitriles is 1. The normalized spacial score (nSPS) is 21.9. The fourth-order valence-corrected chi connectivity index (χ4v) is 7.56. The Kier molecular flexibility index (Phi) is 6.99. The zero-order valence-corrected chi connectivity index (χ0v) is 24.2. The highest BCUT2D eigenvalue weighted by molar-refractivity contribution is 8.22. The molecule has 1 aromatic carbocycles. The molecule has 1 fully saturated rings. The van der Waals surface area contributed by atoms with Gasteiger partial charge in [-0.05, 0) is 77.3 Å². The highest BCUT2D eigenvalue weighted by atomic mass is 32.3. The van der Waals surface area contributed by atoms with E-state index < -0.39 is 27.9 Å². The summed E-state index contributed by atoms with van der Waals surface area (Å²) >= 11 is 0. The summed E-state index contributed by atoms with van der Waals surface area (Å²) in [5.41, 5.74) is -0.443. The van der Waals surface area contributed by atoms with E-state index in [9.17, 15) is 24.0 Å². The predicted octanol–water partition coefficient (Wildman–Crippen LogP) is 5.68. The van der Waals surface area contributed by atoms with Crippen LogP contribution in [0.4, 0.5) is 11.5 Å². The molecule has 5 rings (SSSR count). The molecule has 11 nitrogen and oxygen atoms in total. The third kappa shape index (κ3) is 4.88. The van der Waals surface area contributed by atoms with Crippen molar-refractivity contribution in [2.24, 2.45) is 5.92 Å². The Morgan fingerprint density at radius 1 is 1.20 bits per heavy atom. The van der Waals surface area contributed by atoms with Crippen LogP contribution in [0.3, 0.4) is 0 Å². The molecule has 4 N–H and O–H groups in total. The predicted molar refractivity (Wildman–Crippen MR) is 153 cm³/mol. The first-order valence-electron chi connectivity index (χ1n) is 13.4. The first kappa shape index (κ1) is 28.2. The molecule has 0 saturated heterocycles. The summed E-state index contributed by atoms with van der Waals surface area (Å²) in [6.07, 6.45) is 5.17. The molecule has 0 spiro atoms. The maximum absolute atomic E-state index is 13.0. The number of esters is 1. The molecule has 12 heteroatoms. The van der Waals surface area contributed by atoms with Gasteiger partial charge >= 0.3 is 5.97 Å². The van der Waals surface area contributed by atoms with E-state index in [-0.39, 0.29) is 24.1 Å². The van der Waals surface area contributed by atoms with Gasteiger partial charge in [-0.2, -0.15) is 14.7 Å². The number of rotatable bonds is 5. The van der Waals surface area contributed by atoms with Crippen molar-refractivity contribution >= 4 is 39.2 Å². The molecule has 0 bridgehead atoms. The Morgan fingerprint density at radius 3 is 2.62 bits per heavy atom. The number of pyridine rings is 1. The van der Waals surface area contributed by atoms with Crippen LogP contribution >= 0.6 is 10.8 Å². The van der Waals surface area contributed by atoms with Gasteiger partial charge in [-0.15, -0.1) is 10.8 Å². The number of aromatic amines is 1. The van der Waals surface area contributed by atoms with Crippen LogP contribution in [0.15, 0.2) is 40.2 Å². The van der Waals surface area contributed by atoms with Gasteiger partial charge in [0.25, 0.3) is 5.56 Å². The van der Waals surface area contributed by atoms with Crippen LogP contribution in [-0.2, 0) is 16.1 Å². The molecular formula is C28H36N6O5S. The zero-order valence-electron chi connectivity index (χ0n) is 23.4. The summed E-state index contributed by atoms with van der Waals surface area (Å²) in [4.78, 5) is 28.9. The van der Waals surface area contributed by atoms with E-state index in [1.54, 1.807) is 69.8 Å². The number of nitrogens with zero attached hydrogens (tertiary/aromatic N) is 4. The lowest BCUT2D eigenvalue weighted by molar-refractivity contribution is -0.165. The first-order valence-corrected chi connectivity index (χ1v) is 14.9. The number of hydrogen-bond donors (Lipinski definition) is 4. The highest BCUT2D eigenvalue weighted by Gasteiger charge is 2.49. The Bertz CT molecular complexity index is 1560. The SMILES string of the molecule is CC(C)(C)OC(=O)C(C)(C)N1Cc2cc(Nc3nn([C@H]4CCCC[C@@H]4C#N)c4cc[nH]c(=O)c34)ccc2S1(O)O. The van der Waals surface area contributed by atoms with Crippen molar-refractivity contribution in [1.29, 1.82) is 5.26 Å². The number of hydrogen-bond acceptors (Lipinski definition) is 9. The quantitative estimate of drug-likeness (QED) is 0.284. The number of fused-ring (bicyclic) bond motifs is 2. The minimum absolute atomic E-state index is 0.112. The average Bonchev–Trinajstić information content (AvgIpc) is 3.38. The van der Waals surface area contributed by atoms with Crippen molar-refractivity contribution in [2.75, 3.05) is 5.32 Å². The molecule has 2 aliphatic rings. The average molecular weight is 569 g/mol. The van der Waals surface area contributed by atoms with E-state index in [2.05, 4.69) is 16.4 Å². The summed E-state index contributed by atoms with van der Waals surface area (Å²) < 4.78 is 31.1. The van der Waals surface area contributed by atoms with Crippen molar-refractivity contribution < 1.29 is 18.6 Å². The van der Waals surface area contributed by atoms with E-state index in [1.807, 2.05) is 0 Å². The Labute approximate surface area is 234 Å². The molecule has 3 heterocycles. The zero-order chi connectivity index (χ0) is 29.0. The highest BCUT2D eigenvalue weighted by Crippen LogP contribution is 2.62. The van der Waals surface area contributed by atoms with Gasteiger partial charge in [-0.3, -0.25) is 18.6 Å². The fraction of sp³-hybridized carbons (Fsp3) is 0.500. The van der Waals surface area contributed by atoms with E-state index in [0.29, 0.717) is 32.9 Å². The number of ether oxygens (including phenoxy) is 1. The smallest absolute Gasteiger partial charge is 0.328 e. The second kappa shape index (κ2) is 9.92. The van der Waals surface area contributed by atoms with Crippen LogP contribution in [0, 0.1) is 17.2 Å². The van der Waals surface area contributed by atoms with Gasteiger partial charge in [0, 0.05) is 18.4 Å². The summed E-state index contributed by atoms with van der Waals surface area (Å²) in [5.74, 6) is -0.385. The standard InChI is InChI=1S/C28H36N6O5S/c1-27(2,3)39-26(36)28(4,5)33-16-18-14-19(10-11-22(18)40(33,37)38)31-24-23-21(12-13-30-25(23)35)34(32-24)20-9-7-6-8-17(20)15-29/h10-14,17,20,37-38H,6-9,16H2,1-5H3,(H,30,35)(H,31,32)/t17-,20+/m1/s1. The molecule has 1 saturated carbocycles. The molecule has 40 heavy (non-hydrogen) atoms. The van der Waals surface area contributed by atoms with Gasteiger partial charge in [0.2, 0.25) is 0 Å². The van der Waals surface area contributed by atoms with Crippen molar-refractivity contribution in [3.05, 3.63) is 46.4 Å². The van der Waals surface area contributed by atoms with E-state index in [1.165, 1.54) is 4.31 Å². The first-order chi connectivity index (χ1) is 18.7. The van der Waals surface area contributed by atoms with Gasteiger partial charge in [-0.25, -0.2) is 4.79 Å². The molecule has 2 aromatic heterocycles. The second-order valence-electron chi connectivity index (χ2n) is 12.0. The van der Waals surface area contributed by atoms with E-state index >= 15 is 0 Å². The van der Waals surface area contributed by atoms with E-state index in [4.69, 9.17) is 9.84 Å². The molecule has 0 amide bonds. The lowest BCUT2D eigenvalue weighted by atomic mass is 9.85. The largest absolute Gasteiger partial charge is 0.459 e. The van der Waals surface area contributed by atoms with Gasteiger partial charge in [0.1, 0.15) is 16.5 Å². The number of H-pyrrole nitrogens is 1. The Balaban J connectivity index is 1.48. The number of aromatic nitrogens is 3. The van der Waals surface area contributed by atoms with Crippen molar-refractivity contribution in [2.45, 2.75) is 88.9 Å². The molecule has 1 aliphatic carbocycles. The number of nitrogens with one attached hydrogen (secondary N) is 2. The minimum atomic E-state index is -3.46. The summed E-state index contributed by atoms with van der Waals surface area (Å²) in [5, 5.41) is 18.2. The van der Waals surface area contributed by atoms with Crippen molar-refractivity contribution in [3.8, 4) is 6.07 Å². The summed E-state index contributed by atoms with van der Waals surface area (Å²) in [7, 11) is -3.46. The second-order valence-corrected chi connectivity index (χ2v) is 13.9. The van der Waals surface area contributed by atoms with Gasteiger partial charge in [-0.1, -0.05) is 12.8 Å². The van der Waals surface area contributed by atoms with Crippen LogP contribution < -0.4 is 10.9 Å². The lowest BCUT2D eigenvalue weighted by Gasteiger charge is -2.45. The van der Waals surface area contributed by atoms with Crippen molar-refractivity contribution in [1.82, 2.24) is 19.1 Å². The Morgan fingerprint density at radius 2 is 1.93 bits per heavy atom. The molecule has 0 unspecified atom stereocenters. The van der Waals surface area contributed by atoms with Crippen LogP contribution in [0.5, 0.6) is 0 Å². The fourth-order valence-electron chi connectivity index (χ4n) is 5.56. The number of carbonyl (C=O) groups excluding carboxylic acids is 1. The van der Waals surface area contributed by atoms with Crippen LogP contribution in [0.1, 0.15) is 71.9 Å². The monoisotopic (exact) mass is 568 g/mol. The molecule has 3 aromatic rings. The topological polar surface area (TPSA) is 156 Å². The molecule has 1 aliphatic heterocycles. The Hall–Kier alpha value is -3.37. The van der Waals surface area contributed by atoms with Crippen LogP contribution in [0.2, 0.25) is 0 Å². The molecular weight excluding hydrogens is 532 g/mol. The molecule has 2 atom stereocenters. The third-order valence-electron chi connectivity index (χ3n) is 7.60. The number of anilines is 2. The molecule has 0 radical (unpaired) electrons. The van der Waals surface area contributed by atoms with Gasteiger partial charge in [0.15, 0.2) is 5.82 Å². The number of benzene rings is 1. The third-order valence-corrected chi connectivity index (χ3v) is 9.79. The van der Waals surface area contributed by atoms with Gasteiger partial charge in [0.05, 0.1) is 28.4 Å². The lowest BCUT2D eigenvalue weighted by Crippen LogP contribution is -2.51. The maximum Gasteiger partial charge on any atom is 0.328 e. The van der Waals surface area contributed by atoms with Crippen molar-refractivity contribution in [3.63, 3.8) is 0 Å². The minimum Gasteiger partial charge on any atom is -0.459 e. The van der Waals surface area contributed by atoms with Gasteiger partial charge < -0.3 is 15.0 Å². The summed E-state index contributed by atoms with van der Waals surface area (Å²) in [6, 6.07) is 9.17. The summed E-state index contributed by atoms with van der Waals surface area (Å²) in [6.45, 7) is 8.64.